The normalized spacial score (nSPS) is 12.3. The van der Waals surface area contributed by atoms with Gasteiger partial charge >= 0.3 is 0 Å². The average molecular weight is 299 g/mol. The minimum absolute atomic E-state index is 0.328. The fraction of sp³-hybridized carbons (Fsp3) is 0.471. The fourth-order valence-corrected chi connectivity index (χ4v) is 2.35. The van der Waals surface area contributed by atoms with E-state index in [9.17, 15) is 0 Å². The molecule has 2 rings (SSSR count). The monoisotopic (exact) mass is 299 g/mol. The van der Waals surface area contributed by atoms with Gasteiger partial charge in [0.1, 0.15) is 5.82 Å². The van der Waals surface area contributed by atoms with Crippen molar-refractivity contribution in [2.45, 2.75) is 47.1 Å². The van der Waals surface area contributed by atoms with E-state index < -0.39 is 0 Å². The lowest BCUT2D eigenvalue weighted by molar-refractivity contribution is 0.537. The highest BCUT2D eigenvalue weighted by molar-refractivity contribution is 5.54. The van der Waals surface area contributed by atoms with E-state index in [1.165, 1.54) is 5.56 Å². The Morgan fingerprint density at radius 2 is 1.55 bits per heavy atom. The molecule has 5 heteroatoms. The molecular weight excluding hydrogens is 274 g/mol. The molecule has 1 atom stereocenters. The summed E-state index contributed by atoms with van der Waals surface area (Å²) in [6, 6.07) is 8.47. The average Bonchev–Trinajstić information content (AvgIpc) is 2.39. The minimum atomic E-state index is 0.328. The largest absolute Gasteiger partial charge is 0.352 e. The molecule has 22 heavy (non-hydrogen) atoms. The Morgan fingerprint density at radius 1 is 0.909 bits per heavy atom. The zero-order valence-corrected chi connectivity index (χ0v) is 14.0. The number of hydrogen-bond acceptors (Lipinski definition) is 5. The first-order valence-corrected chi connectivity index (χ1v) is 7.75. The molecule has 118 valence electrons. The third-order valence-corrected chi connectivity index (χ3v) is 3.26. The van der Waals surface area contributed by atoms with E-state index in [4.69, 9.17) is 0 Å². The molecule has 1 heterocycles. The number of nitrogens with zero attached hydrogens (tertiary/aromatic N) is 3. The van der Waals surface area contributed by atoms with Gasteiger partial charge in [0.15, 0.2) is 0 Å². The highest BCUT2D eigenvalue weighted by Gasteiger charge is 2.09. The molecule has 2 N–H and O–H groups in total. The SMILES string of the molecule is Cc1ccc(Nc2nc(C)nc(N[C@@H](C)CC(C)C)n2)cc1. The van der Waals surface area contributed by atoms with Crippen LogP contribution < -0.4 is 10.6 Å². The van der Waals surface area contributed by atoms with Gasteiger partial charge in [-0.3, -0.25) is 0 Å². The van der Waals surface area contributed by atoms with E-state index in [0.717, 1.165) is 12.1 Å². The number of anilines is 3. The van der Waals surface area contributed by atoms with Crippen molar-refractivity contribution in [1.82, 2.24) is 15.0 Å². The number of hydrogen-bond donors (Lipinski definition) is 2. The maximum absolute atomic E-state index is 4.45. The van der Waals surface area contributed by atoms with Gasteiger partial charge in [0, 0.05) is 11.7 Å². The molecule has 0 radical (unpaired) electrons. The second-order valence-corrected chi connectivity index (χ2v) is 6.20. The summed E-state index contributed by atoms with van der Waals surface area (Å²) >= 11 is 0. The van der Waals surface area contributed by atoms with E-state index in [0.29, 0.717) is 29.7 Å². The molecular formula is C17H25N5. The molecule has 0 saturated heterocycles. The summed E-state index contributed by atoms with van der Waals surface area (Å²) in [6.07, 6.45) is 1.07. The van der Waals surface area contributed by atoms with Crippen LogP contribution in [0.4, 0.5) is 17.6 Å². The van der Waals surface area contributed by atoms with Crippen LogP contribution in [0.2, 0.25) is 0 Å². The summed E-state index contributed by atoms with van der Waals surface area (Å²) in [6.45, 7) is 10.5. The maximum Gasteiger partial charge on any atom is 0.232 e. The lowest BCUT2D eigenvalue weighted by atomic mass is 10.1. The van der Waals surface area contributed by atoms with Gasteiger partial charge in [0.25, 0.3) is 0 Å². The smallest absolute Gasteiger partial charge is 0.232 e. The Hall–Kier alpha value is -2.17. The molecule has 1 aromatic heterocycles. The van der Waals surface area contributed by atoms with Crippen molar-refractivity contribution < 1.29 is 0 Å². The third-order valence-electron chi connectivity index (χ3n) is 3.26. The number of benzene rings is 1. The van der Waals surface area contributed by atoms with E-state index in [-0.39, 0.29) is 0 Å². The van der Waals surface area contributed by atoms with Crippen LogP contribution in [0.15, 0.2) is 24.3 Å². The van der Waals surface area contributed by atoms with E-state index in [2.05, 4.69) is 65.4 Å². The van der Waals surface area contributed by atoms with Crippen molar-refractivity contribution in [2.75, 3.05) is 10.6 Å². The van der Waals surface area contributed by atoms with Crippen molar-refractivity contribution >= 4 is 17.6 Å². The molecule has 0 amide bonds. The van der Waals surface area contributed by atoms with Gasteiger partial charge in [-0.2, -0.15) is 15.0 Å². The second-order valence-electron chi connectivity index (χ2n) is 6.20. The van der Waals surface area contributed by atoms with Gasteiger partial charge < -0.3 is 10.6 Å². The Morgan fingerprint density at radius 3 is 2.18 bits per heavy atom. The predicted molar refractivity (Wildman–Crippen MR) is 91.6 cm³/mol. The quantitative estimate of drug-likeness (QED) is 0.841. The highest BCUT2D eigenvalue weighted by Crippen LogP contribution is 2.16. The van der Waals surface area contributed by atoms with Crippen LogP contribution in [-0.2, 0) is 0 Å². The van der Waals surface area contributed by atoms with Crippen LogP contribution in [0, 0.1) is 19.8 Å². The molecule has 0 bridgehead atoms. The van der Waals surface area contributed by atoms with Crippen LogP contribution in [0.3, 0.4) is 0 Å². The van der Waals surface area contributed by atoms with Crippen molar-refractivity contribution in [1.29, 1.82) is 0 Å². The molecule has 0 aliphatic carbocycles. The Labute approximate surface area is 132 Å². The van der Waals surface area contributed by atoms with E-state index >= 15 is 0 Å². The molecule has 0 unspecified atom stereocenters. The van der Waals surface area contributed by atoms with Crippen LogP contribution in [0.1, 0.15) is 38.6 Å². The van der Waals surface area contributed by atoms with Gasteiger partial charge in [-0.25, -0.2) is 0 Å². The standard InChI is InChI=1S/C17H25N5/c1-11(2)10-13(4)18-16-19-14(5)20-17(22-16)21-15-8-6-12(3)7-9-15/h6-9,11,13H,10H2,1-5H3,(H2,18,19,20,21,22)/t13-/m0/s1. The van der Waals surface area contributed by atoms with Gasteiger partial charge in [-0.05, 0) is 45.2 Å². The summed E-state index contributed by atoms with van der Waals surface area (Å²) in [5.74, 6) is 2.52. The summed E-state index contributed by atoms with van der Waals surface area (Å²) in [5, 5.41) is 6.57. The Bertz CT molecular complexity index is 607. The van der Waals surface area contributed by atoms with Crippen LogP contribution in [0.5, 0.6) is 0 Å². The lowest BCUT2D eigenvalue weighted by Gasteiger charge is -2.16. The predicted octanol–water partition coefficient (Wildman–Crippen LogP) is 4.08. The van der Waals surface area contributed by atoms with Crippen molar-refractivity contribution in [3.8, 4) is 0 Å². The number of aryl methyl sites for hydroxylation is 2. The number of aromatic nitrogens is 3. The molecule has 0 spiro atoms. The van der Waals surface area contributed by atoms with Crippen LogP contribution >= 0.6 is 0 Å². The molecule has 0 aliphatic heterocycles. The Balaban J connectivity index is 2.10. The van der Waals surface area contributed by atoms with Crippen molar-refractivity contribution in [3.63, 3.8) is 0 Å². The van der Waals surface area contributed by atoms with Crippen LogP contribution in [0.25, 0.3) is 0 Å². The molecule has 0 fully saturated rings. The number of rotatable bonds is 6. The van der Waals surface area contributed by atoms with Gasteiger partial charge in [0.05, 0.1) is 0 Å². The molecule has 1 aromatic carbocycles. The van der Waals surface area contributed by atoms with Gasteiger partial charge in [0.2, 0.25) is 11.9 Å². The van der Waals surface area contributed by atoms with Crippen LogP contribution in [-0.4, -0.2) is 21.0 Å². The number of nitrogens with one attached hydrogen (secondary N) is 2. The first-order valence-electron chi connectivity index (χ1n) is 7.75. The van der Waals surface area contributed by atoms with Crippen molar-refractivity contribution in [3.05, 3.63) is 35.7 Å². The zero-order valence-electron chi connectivity index (χ0n) is 14.0. The maximum atomic E-state index is 4.45. The van der Waals surface area contributed by atoms with E-state index in [1.54, 1.807) is 0 Å². The lowest BCUT2D eigenvalue weighted by Crippen LogP contribution is -2.20. The Kier molecular flexibility index (Phi) is 5.31. The summed E-state index contributed by atoms with van der Waals surface area (Å²) in [7, 11) is 0. The third kappa shape index (κ3) is 4.98. The summed E-state index contributed by atoms with van der Waals surface area (Å²) in [5.41, 5.74) is 2.19. The van der Waals surface area contributed by atoms with Gasteiger partial charge in [-0.1, -0.05) is 31.5 Å². The zero-order chi connectivity index (χ0) is 16.1. The fourth-order valence-electron chi connectivity index (χ4n) is 2.35. The molecule has 0 aliphatic rings. The van der Waals surface area contributed by atoms with E-state index in [1.807, 2.05) is 19.1 Å². The minimum Gasteiger partial charge on any atom is -0.352 e. The topological polar surface area (TPSA) is 62.7 Å². The molecule has 2 aromatic rings. The highest BCUT2D eigenvalue weighted by atomic mass is 15.2. The van der Waals surface area contributed by atoms with Gasteiger partial charge in [-0.15, -0.1) is 0 Å². The van der Waals surface area contributed by atoms with Crippen molar-refractivity contribution in [2.24, 2.45) is 5.92 Å². The second kappa shape index (κ2) is 7.20. The first-order chi connectivity index (χ1) is 10.4. The molecule has 0 saturated carbocycles. The summed E-state index contributed by atoms with van der Waals surface area (Å²) in [4.78, 5) is 13.2. The first kappa shape index (κ1) is 16.2. The molecule has 5 nitrogen and oxygen atoms in total. The summed E-state index contributed by atoms with van der Waals surface area (Å²) < 4.78 is 0.